The molecule has 3 aromatic carbocycles. The van der Waals surface area contributed by atoms with Gasteiger partial charge >= 0.3 is 0 Å². The molecule has 19 nitrogen and oxygen atoms in total. The van der Waals surface area contributed by atoms with Gasteiger partial charge in [0.2, 0.25) is 35.4 Å². The largest absolute Gasteiger partial charge is 0.508 e. The van der Waals surface area contributed by atoms with Crippen LogP contribution in [0, 0.1) is 0 Å². The van der Waals surface area contributed by atoms with Crippen LogP contribution in [0.4, 0.5) is 0 Å². The van der Waals surface area contributed by atoms with Gasteiger partial charge in [-0.1, -0.05) is 43.3 Å². The fraction of sp³-hybridized carbons (Fsp3) is 0.490. The van der Waals surface area contributed by atoms with Crippen molar-refractivity contribution in [2.24, 2.45) is 11.5 Å². The van der Waals surface area contributed by atoms with Crippen molar-refractivity contribution in [1.29, 1.82) is 0 Å². The van der Waals surface area contributed by atoms with Crippen molar-refractivity contribution >= 4 is 41.4 Å². The minimum absolute atomic E-state index is 0.00494. The third kappa shape index (κ3) is 13.3. The van der Waals surface area contributed by atoms with Crippen molar-refractivity contribution in [2.75, 3.05) is 39.4 Å². The quantitative estimate of drug-likeness (QED) is 0.114. The van der Waals surface area contributed by atoms with E-state index in [4.69, 9.17) is 16.2 Å². The first kappa shape index (κ1) is 50.8. The predicted molar refractivity (Wildman–Crippen MR) is 252 cm³/mol. The number of aliphatic hydroxyl groups excluding tert-OH is 1. The zero-order chi connectivity index (χ0) is 48.7. The maximum absolute atomic E-state index is 14.3. The van der Waals surface area contributed by atoms with Crippen LogP contribution in [0.15, 0.2) is 72.8 Å². The number of amides is 7. The van der Waals surface area contributed by atoms with Gasteiger partial charge in [0.25, 0.3) is 5.91 Å². The second-order valence-corrected chi connectivity index (χ2v) is 17.6. The summed E-state index contributed by atoms with van der Waals surface area (Å²) in [5.41, 5.74) is 14.9. The van der Waals surface area contributed by atoms with E-state index >= 15 is 0 Å². The molecule has 0 saturated carbocycles. The van der Waals surface area contributed by atoms with E-state index in [1.807, 2.05) is 31.2 Å². The topological polar surface area (TPSA) is 288 Å². The van der Waals surface area contributed by atoms with Crippen LogP contribution in [0.5, 0.6) is 11.5 Å². The number of nitrogens with one attached hydrogen (secondary N) is 5. The van der Waals surface area contributed by atoms with Crippen LogP contribution in [0.1, 0.15) is 80.6 Å². The highest BCUT2D eigenvalue weighted by Crippen LogP contribution is 2.25. The zero-order valence-electron chi connectivity index (χ0n) is 38.5. The van der Waals surface area contributed by atoms with Gasteiger partial charge in [-0.05, 0) is 124 Å². The number of phenols is 1. The Balaban J connectivity index is 1.25. The predicted octanol–water partition coefficient (Wildman–Crippen LogP) is 0.594. The number of nitrogens with zero attached hydrogens (tertiary/aromatic N) is 2. The number of fused-ring (bicyclic) bond motifs is 2. The molecule has 366 valence electrons. The number of phenolic OH excluding ortho intramolecular Hbond substituents is 1. The van der Waals surface area contributed by atoms with Crippen LogP contribution in [0.3, 0.4) is 0 Å². The molecule has 3 heterocycles. The monoisotopic (exact) mass is 939 g/mol. The SMILES string of the molecule is CCCOc1ccc(-c2ccc(C(=O)N[C@H]3CCCNC(=O)[C@@H]4CC(N)CN4C(=O)[C@H](CCCN)NC(=O)[C@H](CCc4ccc(O)cc4)NC(=O)[C@@H]4CCCN4C(=O)[C@H](CO)NC3=O)cc2)cc1. The minimum Gasteiger partial charge on any atom is -0.508 e. The van der Waals surface area contributed by atoms with Crippen molar-refractivity contribution < 1.29 is 48.5 Å². The Morgan fingerprint density at radius 2 is 1.43 bits per heavy atom. The third-order valence-electron chi connectivity index (χ3n) is 12.6. The number of aromatic hydroxyl groups is 1. The number of nitrogens with two attached hydrogens (primary N) is 2. The van der Waals surface area contributed by atoms with Crippen LogP contribution < -0.4 is 42.8 Å². The molecule has 1 unspecified atom stereocenters. The molecule has 3 aliphatic rings. The van der Waals surface area contributed by atoms with E-state index in [1.165, 1.54) is 21.9 Å². The van der Waals surface area contributed by atoms with Gasteiger partial charge in [0.15, 0.2) is 0 Å². The molecular formula is C49H65N9O10. The number of hydrogen-bond acceptors (Lipinski definition) is 12. The summed E-state index contributed by atoms with van der Waals surface area (Å²) in [6, 6.07) is 13.1. The molecule has 7 atom stereocenters. The van der Waals surface area contributed by atoms with Crippen molar-refractivity contribution in [3.05, 3.63) is 83.9 Å². The van der Waals surface area contributed by atoms with Crippen molar-refractivity contribution in [3.63, 3.8) is 0 Å². The Morgan fingerprint density at radius 3 is 2.10 bits per heavy atom. The van der Waals surface area contributed by atoms with Crippen molar-refractivity contribution in [1.82, 2.24) is 36.4 Å². The van der Waals surface area contributed by atoms with Gasteiger partial charge in [-0.15, -0.1) is 0 Å². The average molecular weight is 940 g/mol. The van der Waals surface area contributed by atoms with E-state index < -0.39 is 90.3 Å². The fourth-order valence-corrected chi connectivity index (χ4v) is 8.81. The third-order valence-corrected chi connectivity index (χ3v) is 12.6. The van der Waals surface area contributed by atoms with Crippen LogP contribution in [0.2, 0.25) is 0 Å². The van der Waals surface area contributed by atoms with Gasteiger partial charge < -0.3 is 62.8 Å². The minimum atomic E-state index is -1.50. The molecule has 0 bridgehead atoms. The van der Waals surface area contributed by atoms with Gasteiger partial charge in [-0.2, -0.15) is 0 Å². The van der Waals surface area contributed by atoms with E-state index in [2.05, 4.69) is 26.6 Å². The summed E-state index contributed by atoms with van der Waals surface area (Å²) in [6.45, 7) is 2.21. The Morgan fingerprint density at radius 1 is 0.765 bits per heavy atom. The van der Waals surface area contributed by atoms with E-state index in [0.29, 0.717) is 19.4 Å². The first-order valence-corrected chi connectivity index (χ1v) is 23.6. The second kappa shape index (κ2) is 24.5. The van der Waals surface area contributed by atoms with Gasteiger partial charge in [0, 0.05) is 31.2 Å². The summed E-state index contributed by atoms with van der Waals surface area (Å²) in [7, 11) is 0. The molecule has 3 fully saturated rings. The molecule has 3 saturated heterocycles. The standard InChI is InChI=1S/C49H65N9O10/c1-2-26-68-36-20-16-32(17-21-36)31-12-14-33(15-13-31)43(61)53-37-7-4-24-52-46(64)42-27-34(51)28-58(42)48(66)39(6-3-23-50)55-45(63)38(22-11-30-9-18-35(60)19-10-30)54-47(65)41-8-5-25-57(41)49(67)40(29-59)56-44(37)62/h9-10,12-21,34,37-42,59-60H,2-8,11,22-29,50-51H2,1H3,(H,52,64)(H,53,61)(H,54,65)(H,55,63)(H,56,62)/t34?,37-,38-,39-,40-,41-,42-/m0/s1. The highest BCUT2D eigenvalue weighted by atomic mass is 16.5. The molecule has 11 N–H and O–H groups in total. The molecule has 19 heteroatoms. The molecule has 7 amide bonds. The fourth-order valence-electron chi connectivity index (χ4n) is 8.81. The van der Waals surface area contributed by atoms with Crippen molar-refractivity contribution in [2.45, 2.75) is 113 Å². The van der Waals surface area contributed by atoms with E-state index in [0.717, 1.165) is 28.9 Å². The normalized spacial score (nSPS) is 24.4. The summed E-state index contributed by atoms with van der Waals surface area (Å²) in [6.07, 6.45) is 2.66. The molecule has 68 heavy (non-hydrogen) atoms. The first-order chi connectivity index (χ1) is 32.8. The maximum Gasteiger partial charge on any atom is 0.251 e. The Bertz CT molecular complexity index is 2230. The lowest BCUT2D eigenvalue weighted by atomic mass is 10.0. The van der Waals surface area contributed by atoms with Gasteiger partial charge in [-0.3, -0.25) is 33.6 Å². The number of rotatable bonds is 13. The average Bonchev–Trinajstić information content (AvgIpc) is 4.01. The number of carbonyl (C=O) groups excluding carboxylic acids is 7. The van der Waals surface area contributed by atoms with Gasteiger partial charge in [0.05, 0.1) is 13.2 Å². The van der Waals surface area contributed by atoms with E-state index in [1.54, 1.807) is 36.4 Å². The summed E-state index contributed by atoms with van der Waals surface area (Å²) in [5, 5.41) is 34.1. The van der Waals surface area contributed by atoms with Crippen LogP contribution in [-0.2, 0) is 35.2 Å². The molecule has 3 aromatic rings. The molecule has 0 aliphatic carbocycles. The number of ether oxygens (including phenoxy) is 1. The van der Waals surface area contributed by atoms with Crippen molar-refractivity contribution in [3.8, 4) is 22.6 Å². The Hall–Kier alpha value is -6.57. The molecule has 6 rings (SSSR count). The highest BCUT2D eigenvalue weighted by molar-refractivity contribution is 6.00. The highest BCUT2D eigenvalue weighted by Gasteiger charge is 2.43. The smallest absolute Gasteiger partial charge is 0.251 e. The Kier molecular flexibility index (Phi) is 18.3. The number of aliphatic hydroxyl groups is 1. The lowest BCUT2D eigenvalue weighted by Gasteiger charge is -2.31. The van der Waals surface area contributed by atoms with Crippen LogP contribution in [0.25, 0.3) is 11.1 Å². The number of hydrogen-bond donors (Lipinski definition) is 9. The molecule has 3 aliphatic heterocycles. The number of aryl methyl sites for hydroxylation is 1. The maximum atomic E-state index is 14.3. The second-order valence-electron chi connectivity index (χ2n) is 17.6. The summed E-state index contributed by atoms with van der Waals surface area (Å²) >= 11 is 0. The first-order valence-electron chi connectivity index (χ1n) is 23.6. The molecule has 0 spiro atoms. The lowest BCUT2D eigenvalue weighted by molar-refractivity contribution is -0.143. The lowest BCUT2D eigenvalue weighted by Crippen LogP contribution is -2.59. The van der Waals surface area contributed by atoms with Gasteiger partial charge in [-0.25, -0.2) is 0 Å². The van der Waals surface area contributed by atoms with Gasteiger partial charge in [0.1, 0.15) is 47.8 Å². The summed E-state index contributed by atoms with van der Waals surface area (Å²) in [5.74, 6) is -3.68. The van der Waals surface area contributed by atoms with E-state index in [9.17, 15) is 43.8 Å². The summed E-state index contributed by atoms with van der Waals surface area (Å²) in [4.78, 5) is 101. The van der Waals surface area contributed by atoms with E-state index in [-0.39, 0.29) is 82.4 Å². The molecular weight excluding hydrogens is 875 g/mol. The number of carbonyl (C=O) groups is 7. The molecule has 0 aromatic heterocycles. The molecule has 0 radical (unpaired) electrons. The Labute approximate surface area is 396 Å². The van der Waals surface area contributed by atoms with Crippen LogP contribution in [-0.4, -0.2) is 143 Å². The van der Waals surface area contributed by atoms with Crippen LogP contribution >= 0.6 is 0 Å². The zero-order valence-corrected chi connectivity index (χ0v) is 38.5. The summed E-state index contributed by atoms with van der Waals surface area (Å²) < 4.78 is 5.68. The number of benzene rings is 3.